The number of alkyl halides is 6. The Kier molecular flexibility index (Phi) is 6.52. The minimum Gasteiger partial charge on any atom is -0.385 e. The lowest BCUT2D eigenvalue weighted by molar-refractivity contribution is -0.143. The fourth-order valence-electron chi connectivity index (χ4n) is 3.61. The Morgan fingerprint density at radius 2 is 1.58 bits per heavy atom. The van der Waals surface area contributed by atoms with E-state index in [2.05, 4.69) is 5.32 Å². The standard InChI is InChI=1S/C22H22F6N2O/c1-14-4-6-19(7-5-14)29-12-15-3-2-8-30(13-15)20(31)16-9-17(21(23,24)25)11-18(10-16)22(26,27)28/h4-7,9-11,15,29H,2-3,8,12-13H2,1H3. The van der Waals surface area contributed by atoms with Gasteiger partial charge < -0.3 is 10.2 Å². The summed E-state index contributed by atoms with van der Waals surface area (Å²) < 4.78 is 78.5. The molecule has 1 fully saturated rings. The van der Waals surface area contributed by atoms with E-state index in [1.54, 1.807) is 0 Å². The van der Waals surface area contributed by atoms with Gasteiger partial charge in [-0.05, 0) is 56.0 Å². The number of benzene rings is 2. The number of halogens is 6. The van der Waals surface area contributed by atoms with E-state index in [9.17, 15) is 31.1 Å². The molecule has 1 saturated heterocycles. The van der Waals surface area contributed by atoms with Gasteiger partial charge in [-0.25, -0.2) is 0 Å². The fourth-order valence-corrected chi connectivity index (χ4v) is 3.61. The first-order valence-electron chi connectivity index (χ1n) is 9.83. The third-order valence-corrected chi connectivity index (χ3v) is 5.29. The van der Waals surface area contributed by atoms with Crippen LogP contribution in [0.25, 0.3) is 0 Å². The van der Waals surface area contributed by atoms with Crippen LogP contribution in [0, 0.1) is 12.8 Å². The van der Waals surface area contributed by atoms with Crippen LogP contribution in [0.3, 0.4) is 0 Å². The summed E-state index contributed by atoms with van der Waals surface area (Å²) in [5.41, 5.74) is -1.56. The van der Waals surface area contributed by atoms with Crippen LogP contribution < -0.4 is 5.32 Å². The Bertz CT molecular complexity index is 889. The Labute approximate surface area is 176 Å². The third kappa shape index (κ3) is 5.92. The molecule has 1 N–H and O–H groups in total. The number of carbonyl (C=O) groups excluding carboxylic acids is 1. The van der Waals surface area contributed by atoms with Gasteiger partial charge in [-0.3, -0.25) is 4.79 Å². The molecular formula is C22H22F6N2O. The first kappa shape index (κ1) is 23.0. The van der Waals surface area contributed by atoms with Gasteiger partial charge in [-0.1, -0.05) is 17.7 Å². The summed E-state index contributed by atoms with van der Waals surface area (Å²) >= 11 is 0. The van der Waals surface area contributed by atoms with Gasteiger partial charge in [0.05, 0.1) is 11.1 Å². The second-order valence-corrected chi connectivity index (χ2v) is 7.80. The normalized spacial score (nSPS) is 17.5. The van der Waals surface area contributed by atoms with Gasteiger partial charge in [-0.15, -0.1) is 0 Å². The van der Waals surface area contributed by atoms with Crippen molar-refractivity contribution in [3.05, 3.63) is 64.7 Å². The molecule has 2 aromatic carbocycles. The lowest BCUT2D eigenvalue weighted by Gasteiger charge is -2.33. The number of rotatable bonds is 4. The molecule has 0 spiro atoms. The van der Waals surface area contributed by atoms with Crippen LogP contribution in [0.15, 0.2) is 42.5 Å². The largest absolute Gasteiger partial charge is 0.416 e. The average Bonchev–Trinajstić information content (AvgIpc) is 2.71. The quantitative estimate of drug-likeness (QED) is 0.587. The summed E-state index contributed by atoms with van der Waals surface area (Å²) in [6.07, 6.45) is -8.55. The van der Waals surface area contributed by atoms with Crippen molar-refractivity contribution >= 4 is 11.6 Å². The highest BCUT2D eigenvalue weighted by atomic mass is 19.4. The first-order valence-corrected chi connectivity index (χ1v) is 9.83. The van der Waals surface area contributed by atoms with E-state index >= 15 is 0 Å². The van der Waals surface area contributed by atoms with Crippen LogP contribution in [0.5, 0.6) is 0 Å². The maximum absolute atomic E-state index is 13.1. The summed E-state index contributed by atoms with van der Waals surface area (Å²) in [5, 5.41) is 3.26. The SMILES string of the molecule is Cc1ccc(NCC2CCCN(C(=O)c3cc(C(F)(F)F)cc(C(F)(F)F)c3)C2)cc1. The lowest BCUT2D eigenvalue weighted by atomic mass is 9.96. The van der Waals surface area contributed by atoms with Gasteiger partial charge in [0.1, 0.15) is 0 Å². The molecule has 0 aromatic heterocycles. The van der Waals surface area contributed by atoms with Gasteiger partial charge in [-0.2, -0.15) is 26.3 Å². The van der Waals surface area contributed by atoms with E-state index in [1.165, 1.54) is 4.90 Å². The van der Waals surface area contributed by atoms with Crippen LogP contribution in [0.1, 0.15) is 39.9 Å². The summed E-state index contributed by atoms with van der Waals surface area (Å²) in [7, 11) is 0. The number of anilines is 1. The minimum atomic E-state index is -4.99. The number of carbonyl (C=O) groups is 1. The van der Waals surface area contributed by atoms with E-state index in [-0.39, 0.29) is 25.1 Å². The molecule has 0 aliphatic carbocycles. The molecule has 168 valence electrons. The second-order valence-electron chi connectivity index (χ2n) is 7.80. The van der Waals surface area contributed by atoms with Crippen molar-refractivity contribution in [1.29, 1.82) is 0 Å². The topological polar surface area (TPSA) is 32.3 Å². The van der Waals surface area contributed by atoms with Crippen molar-refractivity contribution in [3.8, 4) is 0 Å². The lowest BCUT2D eigenvalue weighted by Crippen LogP contribution is -2.42. The van der Waals surface area contributed by atoms with Crippen molar-refractivity contribution < 1.29 is 31.1 Å². The number of nitrogens with zero attached hydrogens (tertiary/aromatic N) is 1. The number of likely N-dealkylation sites (tertiary alicyclic amines) is 1. The van der Waals surface area contributed by atoms with Gasteiger partial charge in [0.25, 0.3) is 5.91 Å². The number of hydrogen-bond donors (Lipinski definition) is 1. The van der Waals surface area contributed by atoms with Crippen molar-refractivity contribution in [1.82, 2.24) is 4.90 Å². The Morgan fingerprint density at radius 1 is 1.00 bits per heavy atom. The molecule has 1 aliphatic rings. The zero-order chi connectivity index (χ0) is 22.8. The fraction of sp³-hybridized carbons (Fsp3) is 0.409. The first-order chi connectivity index (χ1) is 14.4. The van der Waals surface area contributed by atoms with Gasteiger partial charge in [0.15, 0.2) is 0 Å². The van der Waals surface area contributed by atoms with E-state index in [0.717, 1.165) is 17.7 Å². The highest BCUT2D eigenvalue weighted by Crippen LogP contribution is 2.36. The summed E-state index contributed by atoms with van der Waals surface area (Å²) in [4.78, 5) is 14.1. The second kappa shape index (κ2) is 8.80. The zero-order valence-corrected chi connectivity index (χ0v) is 16.8. The van der Waals surface area contributed by atoms with Crippen LogP contribution in [0.4, 0.5) is 32.0 Å². The molecule has 0 saturated carbocycles. The number of nitrogens with one attached hydrogen (secondary N) is 1. The monoisotopic (exact) mass is 444 g/mol. The van der Waals surface area contributed by atoms with E-state index < -0.39 is 35.0 Å². The Hall–Kier alpha value is -2.71. The molecule has 3 rings (SSSR count). The predicted molar refractivity (Wildman–Crippen MR) is 105 cm³/mol. The van der Waals surface area contributed by atoms with E-state index in [4.69, 9.17) is 0 Å². The highest BCUT2D eigenvalue weighted by molar-refractivity contribution is 5.94. The summed E-state index contributed by atoms with van der Waals surface area (Å²) in [5.74, 6) is -0.788. The Balaban J connectivity index is 1.74. The molecule has 9 heteroatoms. The minimum absolute atomic E-state index is 0.0290. The van der Waals surface area contributed by atoms with E-state index in [1.807, 2.05) is 31.2 Å². The van der Waals surface area contributed by atoms with E-state index in [0.29, 0.717) is 25.1 Å². The Morgan fingerprint density at radius 3 is 2.13 bits per heavy atom. The molecular weight excluding hydrogens is 422 g/mol. The summed E-state index contributed by atoms with van der Waals surface area (Å²) in [6, 6.07) is 8.75. The van der Waals surface area contributed by atoms with Crippen molar-refractivity contribution in [3.63, 3.8) is 0 Å². The maximum atomic E-state index is 13.1. The smallest absolute Gasteiger partial charge is 0.385 e. The molecule has 31 heavy (non-hydrogen) atoms. The van der Waals surface area contributed by atoms with Crippen molar-refractivity contribution in [2.24, 2.45) is 5.92 Å². The predicted octanol–water partition coefficient (Wildman–Crippen LogP) is 6.00. The van der Waals surface area contributed by atoms with Crippen LogP contribution in [-0.4, -0.2) is 30.4 Å². The van der Waals surface area contributed by atoms with Crippen LogP contribution in [-0.2, 0) is 12.4 Å². The number of amides is 1. The van der Waals surface area contributed by atoms with Gasteiger partial charge >= 0.3 is 12.4 Å². The number of piperidine rings is 1. The van der Waals surface area contributed by atoms with Crippen molar-refractivity contribution in [2.75, 3.05) is 25.0 Å². The van der Waals surface area contributed by atoms with Crippen LogP contribution in [0.2, 0.25) is 0 Å². The van der Waals surface area contributed by atoms with Gasteiger partial charge in [0.2, 0.25) is 0 Å². The molecule has 0 bridgehead atoms. The highest BCUT2D eigenvalue weighted by Gasteiger charge is 2.38. The zero-order valence-electron chi connectivity index (χ0n) is 16.8. The third-order valence-electron chi connectivity index (χ3n) is 5.29. The molecule has 1 heterocycles. The number of aryl methyl sites for hydroxylation is 1. The number of hydrogen-bond acceptors (Lipinski definition) is 2. The molecule has 1 atom stereocenters. The molecule has 0 radical (unpaired) electrons. The van der Waals surface area contributed by atoms with Gasteiger partial charge in [0, 0.05) is 30.9 Å². The van der Waals surface area contributed by atoms with Crippen molar-refractivity contribution in [2.45, 2.75) is 32.1 Å². The molecule has 3 nitrogen and oxygen atoms in total. The molecule has 1 aliphatic heterocycles. The average molecular weight is 444 g/mol. The molecule has 2 aromatic rings. The summed E-state index contributed by atoms with van der Waals surface area (Å²) in [6.45, 7) is 3.06. The van der Waals surface area contributed by atoms with Crippen LogP contribution >= 0.6 is 0 Å². The molecule has 1 amide bonds. The maximum Gasteiger partial charge on any atom is 0.416 e. The molecule has 1 unspecified atom stereocenters.